The molecule has 4 aromatic carbocycles. The van der Waals surface area contributed by atoms with Gasteiger partial charge in [-0.15, -0.1) is 0 Å². The van der Waals surface area contributed by atoms with Crippen LogP contribution in [0.4, 0.5) is 0 Å². The van der Waals surface area contributed by atoms with Crippen LogP contribution < -0.4 is 15.4 Å². The third-order valence-corrected chi connectivity index (χ3v) is 11.4. The first-order chi connectivity index (χ1) is 28.5. The van der Waals surface area contributed by atoms with Crippen LogP contribution in [0.3, 0.4) is 0 Å². The lowest BCUT2D eigenvalue weighted by Crippen LogP contribution is -2.42. The molecule has 7 rings (SSSR count). The summed E-state index contributed by atoms with van der Waals surface area (Å²) in [5.74, 6) is 0.824. The highest BCUT2D eigenvalue weighted by molar-refractivity contribution is 5.82. The number of phenols is 3. The number of carbonyl (C=O) groups excluding carboxylic acids is 2. The standard InChI is InChI=1S/C18H27NO3.C17H17NO2.C14H19NO2/c1-14(2)8-6-4-5-7-9-18(21)19-13-15-10-11-16(20)17(12-15)22-3;1-18-8-7-10-3-2-4-12-15(10)13(18)9-11-5-6-14(19)17(20)16(11)12;1-17-14(16)13(11-7-3-2-4-8-11)12-9-5-6-10-15-12/h6,8,10-12,14,20H,4-5,7,9,13H2,1-3H3,(H,19,21);2-6,13,19-20H,7-9H2,1H3;2-4,7-8,12-13,15H,5-6,9-10H2,1H3/b8-6+;;/t;13-;/m.1./s1. The highest BCUT2D eigenvalue weighted by Gasteiger charge is 2.34. The van der Waals surface area contributed by atoms with Gasteiger partial charge >= 0.3 is 5.97 Å². The zero-order chi connectivity index (χ0) is 42.3. The molecule has 0 radical (unpaired) electrons. The van der Waals surface area contributed by atoms with Gasteiger partial charge in [-0.25, -0.2) is 0 Å². The van der Waals surface area contributed by atoms with Crippen molar-refractivity contribution in [3.8, 4) is 34.1 Å². The fourth-order valence-corrected chi connectivity index (χ4v) is 8.19. The molecular formula is C49H63N3O7. The fourth-order valence-electron chi connectivity index (χ4n) is 8.19. The lowest BCUT2D eigenvalue weighted by molar-refractivity contribution is -0.143. The maximum absolute atomic E-state index is 11.9. The number of allylic oxidation sites excluding steroid dienone is 2. The van der Waals surface area contributed by atoms with Crippen LogP contribution in [-0.4, -0.2) is 72.5 Å². The van der Waals surface area contributed by atoms with Gasteiger partial charge in [-0.05, 0) is 116 Å². The Balaban J connectivity index is 0.000000169. The second-order valence-electron chi connectivity index (χ2n) is 16.0. The van der Waals surface area contributed by atoms with Crippen LogP contribution >= 0.6 is 0 Å². The number of unbranched alkanes of at least 4 members (excludes halogenated alkanes) is 2. The van der Waals surface area contributed by atoms with Gasteiger partial charge in [-0.2, -0.15) is 0 Å². The van der Waals surface area contributed by atoms with Crippen molar-refractivity contribution < 1.29 is 34.4 Å². The molecule has 4 aromatic rings. The number of likely N-dealkylation sites (N-methyl/N-ethyl adjacent to an activating group) is 1. The predicted molar refractivity (Wildman–Crippen MR) is 234 cm³/mol. The average Bonchev–Trinajstić information content (AvgIpc) is 3.25. The second-order valence-corrected chi connectivity index (χ2v) is 16.0. The SMILES string of the molecule is CN1CCc2cccc3c2[C@H]1Cc1ccc(O)c(O)c1-3.COC(=O)C(c1ccccc1)C1CCCCN1.COc1cc(CNC(=O)CCCC/C=C/C(C)C)ccc1O. The minimum atomic E-state index is -0.179. The summed E-state index contributed by atoms with van der Waals surface area (Å²) in [6.45, 7) is 6.82. The number of phenolic OH excluding ortho intramolecular Hbond substituents is 3. The number of nitrogens with zero attached hydrogens (tertiary/aromatic N) is 1. The Morgan fingerprint density at radius 2 is 1.71 bits per heavy atom. The number of aromatic hydroxyl groups is 3. The molecular weight excluding hydrogens is 743 g/mol. The first kappa shape index (κ1) is 44.8. The van der Waals surface area contributed by atoms with E-state index in [2.05, 4.69) is 66.8 Å². The van der Waals surface area contributed by atoms with Gasteiger partial charge in [0.25, 0.3) is 0 Å². The van der Waals surface area contributed by atoms with Crippen molar-refractivity contribution in [2.45, 2.75) is 96.2 Å². The lowest BCUT2D eigenvalue weighted by atomic mass is 9.77. The maximum atomic E-state index is 11.9. The molecule has 0 spiro atoms. The Bertz CT molecular complexity index is 2010. The average molecular weight is 806 g/mol. The Labute approximate surface area is 350 Å². The van der Waals surface area contributed by atoms with Gasteiger partial charge in [0.05, 0.1) is 20.1 Å². The summed E-state index contributed by atoms with van der Waals surface area (Å²) in [5.41, 5.74) is 7.65. The van der Waals surface area contributed by atoms with Crippen LogP contribution in [0.15, 0.2) is 91.0 Å². The number of nitrogens with one attached hydrogen (secondary N) is 2. The van der Waals surface area contributed by atoms with Crippen molar-refractivity contribution in [1.29, 1.82) is 0 Å². The van der Waals surface area contributed by atoms with Crippen molar-refractivity contribution in [3.63, 3.8) is 0 Å². The van der Waals surface area contributed by atoms with E-state index < -0.39 is 0 Å². The number of hydrogen-bond acceptors (Lipinski definition) is 9. The number of esters is 1. The zero-order valence-corrected chi connectivity index (χ0v) is 35.4. The van der Waals surface area contributed by atoms with Gasteiger partial charge in [0.1, 0.15) is 0 Å². The summed E-state index contributed by atoms with van der Waals surface area (Å²) in [4.78, 5) is 26.1. The molecule has 3 atom stereocenters. The molecule has 0 aromatic heterocycles. The number of benzene rings is 4. The van der Waals surface area contributed by atoms with Crippen molar-refractivity contribution in [2.24, 2.45) is 5.92 Å². The number of carbonyl (C=O) groups is 2. The smallest absolute Gasteiger partial charge is 0.314 e. The van der Waals surface area contributed by atoms with E-state index in [1.807, 2.05) is 36.4 Å². The number of fused-ring (bicyclic) bond motifs is 2. The van der Waals surface area contributed by atoms with Crippen LogP contribution in [0.2, 0.25) is 0 Å². The number of methoxy groups -OCH3 is 2. The Kier molecular flexibility index (Phi) is 16.8. The quantitative estimate of drug-likeness (QED) is 0.0412. The normalized spacial score (nSPS) is 17.3. The topological polar surface area (TPSA) is 141 Å². The van der Waals surface area contributed by atoms with E-state index in [0.29, 0.717) is 30.7 Å². The third-order valence-electron chi connectivity index (χ3n) is 11.4. The lowest BCUT2D eigenvalue weighted by Gasteiger charge is -2.39. The molecule has 0 saturated carbocycles. The second kappa shape index (κ2) is 22.2. The minimum Gasteiger partial charge on any atom is -0.504 e. The van der Waals surface area contributed by atoms with Gasteiger partial charge < -0.3 is 35.4 Å². The molecule has 1 aliphatic carbocycles. The molecule has 1 amide bonds. The van der Waals surface area contributed by atoms with Crippen LogP contribution in [0, 0.1) is 5.92 Å². The third kappa shape index (κ3) is 12.1. The summed E-state index contributed by atoms with van der Waals surface area (Å²) in [7, 11) is 5.13. The number of hydrogen-bond donors (Lipinski definition) is 5. The molecule has 0 bridgehead atoms. The van der Waals surface area contributed by atoms with Crippen molar-refractivity contribution in [1.82, 2.24) is 15.5 Å². The molecule has 1 fully saturated rings. The van der Waals surface area contributed by atoms with Gasteiger partial charge in [0, 0.05) is 37.2 Å². The Morgan fingerprint density at radius 1 is 0.932 bits per heavy atom. The summed E-state index contributed by atoms with van der Waals surface area (Å²) in [6, 6.07) is 25.4. The van der Waals surface area contributed by atoms with E-state index in [1.165, 1.54) is 38.2 Å². The molecule has 1 saturated heterocycles. The number of amides is 1. The van der Waals surface area contributed by atoms with Gasteiger partial charge in [-0.1, -0.05) is 93.1 Å². The Morgan fingerprint density at radius 3 is 2.42 bits per heavy atom. The van der Waals surface area contributed by atoms with Crippen LogP contribution in [-0.2, 0) is 33.7 Å². The summed E-state index contributed by atoms with van der Waals surface area (Å²) >= 11 is 0. The summed E-state index contributed by atoms with van der Waals surface area (Å²) in [6.07, 6.45) is 13.2. The highest BCUT2D eigenvalue weighted by atomic mass is 16.5. The molecule has 10 nitrogen and oxygen atoms in total. The first-order valence-electron chi connectivity index (χ1n) is 21.0. The van der Waals surface area contributed by atoms with Gasteiger partial charge in [0.2, 0.25) is 5.91 Å². The van der Waals surface area contributed by atoms with Crippen LogP contribution in [0.1, 0.15) is 98.6 Å². The predicted octanol–water partition coefficient (Wildman–Crippen LogP) is 8.72. The summed E-state index contributed by atoms with van der Waals surface area (Å²) in [5, 5.41) is 35.9. The molecule has 2 unspecified atom stereocenters. The van der Waals surface area contributed by atoms with Gasteiger partial charge in [0.15, 0.2) is 23.0 Å². The highest BCUT2D eigenvalue weighted by Crippen LogP contribution is 2.50. The minimum absolute atomic E-state index is 0.0163. The first-order valence-corrected chi connectivity index (χ1v) is 21.0. The van der Waals surface area contributed by atoms with E-state index in [1.54, 1.807) is 24.3 Å². The Hall–Kier alpha value is -5.32. The molecule has 5 N–H and O–H groups in total. The molecule has 2 aliphatic heterocycles. The van der Waals surface area contributed by atoms with E-state index in [9.17, 15) is 24.9 Å². The zero-order valence-electron chi connectivity index (χ0n) is 35.4. The van der Waals surface area contributed by atoms with E-state index in [-0.39, 0.29) is 41.1 Å². The van der Waals surface area contributed by atoms with E-state index in [0.717, 1.165) is 79.4 Å². The monoisotopic (exact) mass is 805 g/mol. The largest absolute Gasteiger partial charge is 0.504 e. The maximum Gasteiger partial charge on any atom is 0.314 e. The van der Waals surface area contributed by atoms with Crippen molar-refractivity contribution in [3.05, 3.63) is 119 Å². The summed E-state index contributed by atoms with van der Waals surface area (Å²) < 4.78 is 9.98. The molecule has 2 heterocycles. The van der Waals surface area contributed by atoms with Crippen LogP contribution in [0.5, 0.6) is 23.0 Å². The van der Waals surface area contributed by atoms with E-state index >= 15 is 0 Å². The molecule has 10 heteroatoms. The molecule has 59 heavy (non-hydrogen) atoms. The van der Waals surface area contributed by atoms with Gasteiger partial charge in [-0.3, -0.25) is 14.5 Å². The fraction of sp³-hybridized carbons (Fsp3) is 0.429. The van der Waals surface area contributed by atoms with Crippen molar-refractivity contribution >= 4 is 11.9 Å². The number of rotatable bonds is 12. The number of piperidine rings is 1. The van der Waals surface area contributed by atoms with Crippen molar-refractivity contribution in [2.75, 3.05) is 34.4 Å². The van der Waals surface area contributed by atoms with Crippen LogP contribution in [0.25, 0.3) is 11.1 Å². The number of ether oxygens (including phenoxy) is 2. The van der Waals surface area contributed by atoms with E-state index in [4.69, 9.17) is 9.47 Å². The molecule has 316 valence electrons. The molecule has 3 aliphatic rings.